The fraction of sp³-hybridized carbons (Fsp3) is 0.348. The topological polar surface area (TPSA) is 69.5 Å². The molecule has 0 radical (unpaired) electrons. The summed E-state index contributed by atoms with van der Waals surface area (Å²) in [4.78, 5) is 20.0. The standard InChI is InChI=1S/C23H26N4O3/c1-29-20-9-7-18(8-10-20)17-21-23(28)27(12-11-26-13-15-30-16-14-26)25-22(24-21)19-5-3-2-4-6-19/h2-10H,11-17H2,1H3. The number of hydrogen-bond acceptors (Lipinski definition) is 6. The van der Waals surface area contributed by atoms with Gasteiger partial charge in [-0.05, 0) is 17.7 Å². The van der Waals surface area contributed by atoms with Crippen molar-refractivity contribution in [3.63, 3.8) is 0 Å². The van der Waals surface area contributed by atoms with E-state index in [-0.39, 0.29) is 5.56 Å². The van der Waals surface area contributed by atoms with Crippen LogP contribution in [0.4, 0.5) is 0 Å². The molecule has 1 fully saturated rings. The van der Waals surface area contributed by atoms with Gasteiger partial charge in [-0.15, -0.1) is 5.10 Å². The van der Waals surface area contributed by atoms with Crippen molar-refractivity contribution >= 4 is 0 Å². The van der Waals surface area contributed by atoms with Crippen molar-refractivity contribution in [1.29, 1.82) is 0 Å². The molecule has 7 nitrogen and oxygen atoms in total. The average molecular weight is 406 g/mol. The van der Waals surface area contributed by atoms with Crippen LogP contribution < -0.4 is 10.3 Å². The summed E-state index contributed by atoms with van der Waals surface area (Å²) in [6.07, 6.45) is 0.447. The van der Waals surface area contributed by atoms with Crippen LogP contribution in [0.25, 0.3) is 11.4 Å². The highest BCUT2D eigenvalue weighted by Gasteiger charge is 2.15. The molecule has 1 aliphatic heterocycles. The molecule has 1 aromatic heterocycles. The number of aromatic nitrogens is 3. The summed E-state index contributed by atoms with van der Waals surface area (Å²) in [7, 11) is 1.64. The minimum Gasteiger partial charge on any atom is -0.497 e. The van der Waals surface area contributed by atoms with Gasteiger partial charge in [-0.25, -0.2) is 9.67 Å². The van der Waals surface area contributed by atoms with Gasteiger partial charge in [0.1, 0.15) is 11.4 Å². The Balaban J connectivity index is 1.63. The monoisotopic (exact) mass is 406 g/mol. The van der Waals surface area contributed by atoms with Crippen LogP contribution in [0.3, 0.4) is 0 Å². The van der Waals surface area contributed by atoms with Crippen molar-refractivity contribution < 1.29 is 9.47 Å². The van der Waals surface area contributed by atoms with Crippen molar-refractivity contribution in [1.82, 2.24) is 19.7 Å². The van der Waals surface area contributed by atoms with Gasteiger partial charge in [-0.3, -0.25) is 9.69 Å². The lowest BCUT2D eigenvalue weighted by atomic mass is 10.1. The van der Waals surface area contributed by atoms with E-state index in [4.69, 9.17) is 9.47 Å². The fourth-order valence-corrected chi connectivity index (χ4v) is 3.48. The van der Waals surface area contributed by atoms with Gasteiger partial charge in [0.25, 0.3) is 5.56 Å². The Hall–Kier alpha value is -3.03. The van der Waals surface area contributed by atoms with Gasteiger partial charge in [-0.2, -0.15) is 0 Å². The summed E-state index contributed by atoms with van der Waals surface area (Å²) in [5.74, 6) is 1.36. The van der Waals surface area contributed by atoms with E-state index in [1.807, 2.05) is 54.6 Å². The molecule has 0 saturated carbocycles. The maximum Gasteiger partial charge on any atom is 0.288 e. The molecule has 156 valence electrons. The van der Waals surface area contributed by atoms with Gasteiger partial charge in [0.05, 0.1) is 26.9 Å². The Morgan fingerprint density at radius 2 is 1.73 bits per heavy atom. The molecule has 0 spiro atoms. The summed E-state index contributed by atoms with van der Waals surface area (Å²) in [5.41, 5.74) is 2.26. The third-order valence-corrected chi connectivity index (χ3v) is 5.23. The van der Waals surface area contributed by atoms with E-state index in [2.05, 4.69) is 15.0 Å². The Labute approximate surface area is 175 Å². The van der Waals surface area contributed by atoms with E-state index in [0.717, 1.165) is 49.7 Å². The third kappa shape index (κ3) is 4.93. The third-order valence-electron chi connectivity index (χ3n) is 5.23. The molecule has 0 aliphatic carbocycles. The van der Waals surface area contributed by atoms with Gasteiger partial charge >= 0.3 is 0 Å². The first-order chi connectivity index (χ1) is 14.7. The van der Waals surface area contributed by atoms with Gasteiger partial charge in [0.15, 0.2) is 5.82 Å². The van der Waals surface area contributed by atoms with Crippen molar-refractivity contribution in [2.75, 3.05) is 40.0 Å². The summed E-state index contributed by atoms with van der Waals surface area (Å²) in [6.45, 7) is 4.51. The van der Waals surface area contributed by atoms with Crippen molar-refractivity contribution in [2.24, 2.45) is 0 Å². The second-order valence-electron chi connectivity index (χ2n) is 7.26. The van der Waals surface area contributed by atoms with E-state index in [1.54, 1.807) is 11.8 Å². The fourth-order valence-electron chi connectivity index (χ4n) is 3.48. The Bertz CT molecular complexity index is 1010. The number of rotatable bonds is 7. The van der Waals surface area contributed by atoms with E-state index in [0.29, 0.717) is 24.5 Å². The molecule has 30 heavy (non-hydrogen) atoms. The van der Waals surface area contributed by atoms with Crippen molar-refractivity contribution in [2.45, 2.75) is 13.0 Å². The molecule has 3 aromatic rings. The molecule has 1 saturated heterocycles. The Morgan fingerprint density at radius 1 is 1.00 bits per heavy atom. The normalized spacial score (nSPS) is 14.6. The number of nitrogens with zero attached hydrogens (tertiary/aromatic N) is 4. The highest BCUT2D eigenvalue weighted by molar-refractivity contribution is 5.53. The van der Waals surface area contributed by atoms with Gasteiger partial charge < -0.3 is 9.47 Å². The van der Waals surface area contributed by atoms with Crippen LogP contribution in [0.2, 0.25) is 0 Å². The zero-order valence-corrected chi connectivity index (χ0v) is 17.2. The molecule has 7 heteroatoms. The van der Waals surface area contributed by atoms with E-state index in [1.165, 1.54) is 0 Å². The lowest BCUT2D eigenvalue weighted by Gasteiger charge is -2.26. The molecule has 0 bridgehead atoms. The molecular formula is C23H26N4O3. The zero-order chi connectivity index (χ0) is 20.8. The van der Waals surface area contributed by atoms with Crippen LogP contribution in [0.1, 0.15) is 11.3 Å². The van der Waals surface area contributed by atoms with E-state index < -0.39 is 0 Å². The molecule has 2 heterocycles. The molecule has 4 rings (SSSR count). The smallest absolute Gasteiger partial charge is 0.288 e. The number of methoxy groups -OCH3 is 1. The van der Waals surface area contributed by atoms with Crippen LogP contribution in [0.5, 0.6) is 5.75 Å². The van der Waals surface area contributed by atoms with Crippen LogP contribution in [0.15, 0.2) is 59.4 Å². The molecule has 0 N–H and O–H groups in total. The van der Waals surface area contributed by atoms with Crippen LogP contribution in [0, 0.1) is 0 Å². The molecule has 1 aliphatic rings. The molecule has 0 atom stereocenters. The van der Waals surface area contributed by atoms with E-state index >= 15 is 0 Å². The first-order valence-corrected chi connectivity index (χ1v) is 10.2. The lowest BCUT2D eigenvalue weighted by Crippen LogP contribution is -2.40. The Kier molecular flexibility index (Phi) is 6.51. The second kappa shape index (κ2) is 9.65. The number of morpholine rings is 1. The van der Waals surface area contributed by atoms with Crippen LogP contribution in [-0.2, 0) is 17.7 Å². The molecule has 2 aromatic carbocycles. The maximum absolute atomic E-state index is 13.1. The summed E-state index contributed by atoms with van der Waals surface area (Å²) in [6, 6.07) is 17.5. The molecule has 0 unspecified atom stereocenters. The van der Waals surface area contributed by atoms with E-state index in [9.17, 15) is 4.79 Å². The van der Waals surface area contributed by atoms with Crippen molar-refractivity contribution in [3.05, 3.63) is 76.2 Å². The highest BCUT2D eigenvalue weighted by atomic mass is 16.5. The summed E-state index contributed by atoms with van der Waals surface area (Å²) in [5, 5.41) is 4.57. The molecular weight excluding hydrogens is 380 g/mol. The zero-order valence-electron chi connectivity index (χ0n) is 17.2. The minimum absolute atomic E-state index is 0.140. The Morgan fingerprint density at radius 3 is 2.43 bits per heavy atom. The number of benzene rings is 2. The summed E-state index contributed by atoms with van der Waals surface area (Å²) >= 11 is 0. The van der Waals surface area contributed by atoms with Crippen LogP contribution >= 0.6 is 0 Å². The minimum atomic E-state index is -0.140. The largest absolute Gasteiger partial charge is 0.497 e. The maximum atomic E-state index is 13.1. The second-order valence-corrected chi connectivity index (χ2v) is 7.26. The van der Waals surface area contributed by atoms with Gasteiger partial charge in [0.2, 0.25) is 0 Å². The summed E-state index contributed by atoms with van der Waals surface area (Å²) < 4.78 is 12.2. The van der Waals surface area contributed by atoms with Crippen LogP contribution in [-0.4, -0.2) is 59.6 Å². The lowest BCUT2D eigenvalue weighted by molar-refractivity contribution is 0.0357. The number of hydrogen-bond donors (Lipinski definition) is 0. The molecule has 0 amide bonds. The predicted octanol–water partition coefficient (Wildman–Crippen LogP) is 2.24. The number of ether oxygens (including phenoxy) is 2. The van der Waals surface area contributed by atoms with Gasteiger partial charge in [0, 0.05) is 31.6 Å². The quantitative estimate of drug-likeness (QED) is 0.599. The van der Waals surface area contributed by atoms with Crippen molar-refractivity contribution in [3.8, 4) is 17.1 Å². The highest BCUT2D eigenvalue weighted by Crippen LogP contribution is 2.16. The average Bonchev–Trinajstić information content (AvgIpc) is 2.81. The van der Waals surface area contributed by atoms with Gasteiger partial charge in [-0.1, -0.05) is 42.5 Å². The first kappa shape index (κ1) is 20.3. The SMILES string of the molecule is COc1ccc(Cc2nc(-c3ccccc3)nn(CCN3CCOCC3)c2=O)cc1. The first-order valence-electron chi connectivity index (χ1n) is 10.2. The predicted molar refractivity (Wildman–Crippen MR) is 115 cm³/mol.